The van der Waals surface area contributed by atoms with Gasteiger partial charge >= 0.3 is 0 Å². The third-order valence-electron chi connectivity index (χ3n) is 5.67. The Kier molecular flexibility index (Phi) is 6.08. The van der Waals surface area contributed by atoms with Crippen LogP contribution in [-0.4, -0.2) is 46.4 Å². The summed E-state index contributed by atoms with van der Waals surface area (Å²) in [7, 11) is 0. The number of carbonyl (C=O) groups is 1. The molecule has 2 heterocycles. The predicted molar refractivity (Wildman–Crippen MR) is 107 cm³/mol. The van der Waals surface area contributed by atoms with Crippen molar-refractivity contribution in [3.63, 3.8) is 0 Å². The molecular weight excluding hydrogens is 356 g/mol. The molecule has 1 saturated heterocycles. The molecule has 1 aliphatic heterocycles. The molecule has 0 saturated carbocycles. The molecule has 6 heteroatoms. The molecule has 28 heavy (non-hydrogen) atoms. The van der Waals surface area contributed by atoms with Crippen LogP contribution >= 0.6 is 0 Å². The van der Waals surface area contributed by atoms with E-state index in [0.717, 1.165) is 17.7 Å². The third-order valence-corrected chi connectivity index (χ3v) is 5.67. The molecule has 1 unspecified atom stereocenters. The van der Waals surface area contributed by atoms with Gasteiger partial charge in [0.05, 0.1) is 5.69 Å². The number of aromatic nitrogens is 1. The van der Waals surface area contributed by atoms with E-state index in [4.69, 9.17) is 9.26 Å². The molecule has 1 fully saturated rings. The number of aryl methyl sites for hydroxylation is 4. The minimum absolute atomic E-state index is 0.0603. The monoisotopic (exact) mass is 386 g/mol. The maximum atomic E-state index is 13.0. The van der Waals surface area contributed by atoms with Crippen LogP contribution in [-0.2, 0) is 6.42 Å². The van der Waals surface area contributed by atoms with E-state index in [0.29, 0.717) is 49.4 Å². The number of likely N-dealkylation sites (tertiary alicyclic amines) is 1. The van der Waals surface area contributed by atoms with Crippen LogP contribution in [0.15, 0.2) is 22.7 Å². The first-order valence-electron chi connectivity index (χ1n) is 10.00. The standard InChI is InChI=1S/C22H30N2O4/c1-5-19-20(17(4)28-23-19)21(25)24-11-6-9-22(26,10-12-24)14-27-18-8-7-15(2)16(3)13-18/h7-8,13,26H,5-6,9-12,14H2,1-4H3. The van der Waals surface area contributed by atoms with Crippen molar-refractivity contribution in [2.75, 3.05) is 19.7 Å². The van der Waals surface area contributed by atoms with Crippen molar-refractivity contribution in [2.24, 2.45) is 0 Å². The SMILES string of the molecule is CCc1noc(C)c1C(=O)N1CCCC(O)(COc2ccc(C)c(C)c2)CC1. The van der Waals surface area contributed by atoms with E-state index in [9.17, 15) is 9.90 Å². The van der Waals surface area contributed by atoms with Gasteiger partial charge in [-0.2, -0.15) is 0 Å². The minimum atomic E-state index is -0.939. The Morgan fingerprint density at radius 3 is 2.75 bits per heavy atom. The van der Waals surface area contributed by atoms with Crippen LogP contribution in [0.1, 0.15) is 59.1 Å². The van der Waals surface area contributed by atoms with Crippen LogP contribution in [0.5, 0.6) is 5.75 Å². The summed E-state index contributed by atoms with van der Waals surface area (Å²) in [5, 5.41) is 15.0. The van der Waals surface area contributed by atoms with Crippen LogP contribution in [0.2, 0.25) is 0 Å². The fraction of sp³-hybridized carbons (Fsp3) is 0.545. The van der Waals surface area contributed by atoms with Crippen LogP contribution < -0.4 is 4.74 Å². The Balaban J connectivity index is 1.64. The quantitative estimate of drug-likeness (QED) is 0.850. The molecule has 152 valence electrons. The second kappa shape index (κ2) is 8.35. The van der Waals surface area contributed by atoms with Gasteiger partial charge in [-0.3, -0.25) is 4.79 Å². The number of hydrogen-bond donors (Lipinski definition) is 1. The lowest BCUT2D eigenvalue weighted by Gasteiger charge is -2.27. The third kappa shape index (κ3) is 4.38. The van der Waals surface area contributed by atoms with Crippen molar-refractivity contribution < 1.29 is 19.2 Å². The van der Waals surface area contributed by atoms with Crippen LogP contribution in [0.4, 0.5) is 0 Å². The summed E-state index contributed by atoms with van der Waals surface area (Å²) in [5.41, 5.74) is 2.70. The normalized spacial score (nSPS) is 20.1. The lowest BCUT2D eigenvalue weighted by Crippen LogP contribution is -2.38. The maximum absolute atomic E-state index is 13.0. The zero-order valence-corrected chi connectivity index (χ0v) is 17.2. The largest absolute Gasteiger partial charge is 0.491 e. The van der Waals surface area contributed by atoms with Gasteiger partial charge in [-0.15, -0.1) is 0 Å². The molecule has 0 bridgehead atoms. The molecule has 1 aromatic heterocycles. The molecule has 2 aromatic rings. The molecule has 6 nitrogen and oxygen atoms in total. The first-order chi connectivity index (χ1) is 13.3. The van der Waals surface area contributed by atoms with E-state index in [1.807, 2.05) is 32.0 Å². The zero-order valence-electron chi connectivity index (χ0n) is 17.2. The maximum Gasteiger partial charge on any atom is 0.259 e. The molecule has 0 aliphatic carbocycles. The number of rotatable bonds is 5. The fourth-order valence-corrected chi connectivity index (χ4v) is 3.64. The highest BCUT2D eigenvalue weighted by atomic mass is 16.5. The van der Waals surface area contributed by atoms with Crippen molar-refractivity contribution in [1.82, 2.24) is 10.1 Å². The smallest absolute Gasteiger partial charge is 0.259 e. The highest BCUT2D eigenvalue weighted by Crippen LogP contribution is 2.26. The zero-order chi connectivity index (χ0) is 20.3. The Labute approximate surface area is 166 Å². The summed E-state index contributed by atoms with van der Waals surface area (Å²) >= 11 is 0. The van der Waals surface area contributed by atoms with Crippen molar-refractivity contribution in [3.8, 4) is 5.75 Å². The van der Waals surface area contributed by atoms with Crippen LogP contribution in [0.3, 0.4) is 0 Å². The molecule has 3 rings (SSSR count). The van der Waals surface area contributed by atoms with E-state index in [-0.39, 0.29) is 12.5 Å². The average molecular weight is 386 g/mol. The lowest BCUT2D eigenvalue weighted by atomic mass is 9.96. The summed E-state index contributed by atoms with van der Waals surface area (Å²) in [5.74, 6) is 1.26. The summed E-state index contributed by atoms with van der Waals surface area (Å²) in [4.78, 5) is 14.8. The van der Waals surface area contributed by atoms with Gasteiger partial charge in [0.2, 0.25) is 0 Å². The summed E-state index contributed by atoms with van der Waals surface area (Å²) < 4.78 is 11.1. The molecule has 1 aromatic carbocycles. The average Bonchev–Trinajstić information content (AvgIpc) is 2.93. The lowest BCUT2D eigenvalue weighted by molar-refractivity contribution is -0.0163. The summed E-state index contributed by atoms with van der Waals surface area (Å²) in [6.45, 7) is 9.15. The molecule has 1 atom stereocenters. The van der Waals surface area contributed by atoms with Gasteiger partial charge < -0.3 is 19.3 Å². The highest BCUT2D eigenvalue weighted by Gasteiger charge is 2.34. The van der Waals surface area contributed by atoms with Crippen molar-refractivity contribution in [3.05, 3.63) is 46.3 Å². The first kappa shape index (κ1) is 20.4. The van der Waals surface area contributed by atoms with Crippen molar-refractivity contribution >= 4 is 5.91 Å². The summed E-state index contributed by atoms with van der Waals surface area (Å²) in [6, 6.07) is 5.94. The van der Waals surface area contributed by atoms with Gasteiger partial charge in [-0.1, -0.05) is 18.1 Å². The van der Waals surface area contributed by atoms with Gasteiger partial charge in [0, 0.05) is 13.1 Å². The Morgan fingerprint density at radius 2 is 2.04 bits per heavy atom. The minimum Gasteiger partial charge on any atom is -0.491 e. The highest BCUT2D eigenvalue weighted by molar-refractivity contribution is 5.96. The van der Waals surface area contributed by atoms with Crippen molar-refractivity contribution in [2.45, 2.75) is 59.0 Å². The fourth-order valence-electron chi connectivity index (χ4n) is 3.64. The molecule has 0 radical (unpaired) electrons. The molecule has 1 aliphatic rings. The topological polar surface area (TPSA) is 75.8 Å². The Morgan fingerprint density at radius 1 is 1.25 bits per heavy atom. The van der Waals surface area contributed by atoms with E-state index in [2.05, 4.69) is 12.1 Å². The van der Waals surface area contributed by atoms with Gasteiger partial charge in [-0.25, -0.2) is 0 Å². The van der Waals surface area contributed by atoms with E-state index < -0.39 is 5.60 Å². The van der Waals surface area contributed by atoms with Crippen LogP contribution in [0, 0.1) is 20.8 Å². The van der Waals surface area contributed by atoms with Crippen LogP contribution in [0.25, 0.3) is 0 Å². The van der Waals surface area contributed by atoms with Crippen molar-refractivity contribution in [1.29, 1.82) is 0 Å². The second-order valence-corrected chi connectivity index (χ2v) is 7.82. The first-order valence-corrected chi connectivity index (χ1v) is 10.00. The molecule has 1 amide bonds. The van der Waals surface area contributed by atoms with Gasteiger partial charge in [0.15, 0.2) is 0 Å². The number of ether oxygens (including phenoxy) is 1. The number of benzene rings is 1. The number of aliphatic hydroxyl groups is 1. The molecule has 1 N–H and O–H groups in total. The van der Waals surface area contributed by atoms with Gasteiger partial charge in [0.1, 0.15) is 29.3 Å². The summed E-state index contributed by atoms with van der Waals surface area (Å²) in [6.07, 6.45) is 2.46. The van der Waals surface area contributed by atoms with Gasteiger partial charge in [-0.05, 0) is 69.7 Å². The Hall–Kier alpha value is -2.34. The second-order valence-electron chi connectivity index (χ2n) is 7.82. The van der Waals surface area contributed by atoms with E-state index in [1.165, 1.54) is 5.56 Å². The number of amides is 1. The number of hydrogen-bond acceptors (Lipinski definition) is 5. The number of nitrogens with zero attached hydrogens (tertiary/aromatic N) is 2. The van der Waals surface area contributed by atoms with E-state index in [1.54, 1.807) is 11.8 Å². The Bertz CT molecular complexity index is 845. The molecular formula is C22H30N2O4. The predicted octanol–water partition coefficient (Wildman–Crippen LogP) is 3.60. The number of carbonyl (C=O) groups excluding carboxylic acids is 1. The molecule has 0 spiro atoms. The van der Waals surface area contributed by atoms with E-state index >= 15 is 0 Å². The van der Waals surface area contributed by atoms with Gasteiger partial charge in [0.25, 0.3) is 5.91 Å².